The number of carbonyl (C=O) groups excluding carboxylic acids is 1. The van der Waals surface area contributed by atoms with Gasteiger partial charge in [0.05, 0.1) is 11.4 Å². The maximum absolute atomic E-state index is 12.4. The van der Waals surface area contributed by atoms with E-state index in [4.69, 9.17) is 4.52 Å². The molecular weight excluding hydrogens is 298 g/mol. The van der Waals surface area contributed by atoms with E-state index in [1.807, 2.05) is 14.1 Å². The summed E-state index contributed by atoms with van der Waals surface area (Å²) in [4.78, 5) is 34.8. The van der Waals surface area contributed by atoms with Crippen LogP contribution >= 0.6 is 0 Å². The van der Waals surface area contributed by atoms with Crippen LogP contribution in [-0.2, 0) is 0 Å². The lowest BCUT2D eigenvalue weighted by Gasteiger charge is -2.16. The lowest BCUT2D eigenvalue weighted by Crippen LogP contribution is -2.28. The Hall–Kier alpha value is -2.64. The molecule has 3 rings (SSSR count). The van der Waals surface area contributed by atoms with Crippen LogP contribution in [0, 0.1) is 6.92 Å². The van der Waals surface area contributed by atoms with Crippen molar-refractivity contribution in [2.45, 2.75) is 19.3 Å². The average Bonchev–Trinajstić information content (AvgIpc) is 3.15. The van der Waals surface area contributed by atoms with E-state index in [0.717, 1.165) is 6.42 Å². The molecule has 2 aromatic heterocycles. The Kier molecular flexibility index (Phi) is 3.89. The highest BCUT2D eigenvalue weighted by Gasteiger charge is 2.31. The second kappa shape index (κ2) is 5.86. The summed E-state index contributed by atoms with van der Waals surface area (Å²) < 4.78 is 5.03. The largest absolute Gasteiger partial charge is 0.351 e. The van der Waals surface area contributed by atoms with Crippen LogP contribution < -0.4 is 10.5 Å². The molecule has 3 heterocycles. The summed E-state index contributed by atoms with van der Waals surface area (Å²) in [7, 11) is 3.64. The van der Waals surface area contributed by atoms with E-state index in [1.54, 1.807) is 22.8 Å². The molecule has 0 bridgehead atoms. The molecule has 0 saturated carbocycles. The van der Waals surface area contributed by atoms with Crippen molar-refractivity contribution in [2.75, 3.05) is 32.1 Å². The van der Waals surface area contributed by atoms with Crippen molar-refractivity contribution < 1.29 is 9.32 Å². The minimum absolute atomic E-state index is 0.0453. The summed E-state index contributed by atoms with van der Waals surface area (Å²) in [5.74, 6) is 0.633. The van der Waals surface area contributed by atoms with Crippen molar-refractivity contribution in [1.82, 2.24) is 20.0 Å². The number of aromatic amines is 1. The Balaban J connectivity index is 1.77. The molecule has 1 N–H and O–H groups in total. The van der Waals surface area contributed by atoms with Gasteiger partial charge in [-0.3, -0.25) is 14.6 Å². The first-order chi connectivity index (χ1) is 10.9. The minimum Gasteiger partial charge on any atom is -0.351 e. The van der Waals surface area contributed by atoms with E-state index in [0.29, 0.717) is 30.4 Å². The van der Waals surface area contributed by atoms with Gasteiger partial charge >= 0.3 is 0 Å². The van der Waals surface area contributed by atoms with E-state index in [1.165, 1.54) is 6.07 Å². The number of rotatable bonds is 3. The monoisotopic (exact) mass is 317 g/mol. The zero-order chi connectivity index (χ0) is 16.6. The fraction of sp³-hybridized carbons (Fsp3) is 0.467. The number of hydrogen-bond acceptors (Lipinski definition) is 6. The predicted molar refractivity (Wildman–Crippen MR) is 83.7 cm³/mol. The molecule has 0 aromatic carbocycles. The fourth-order valence-electron chi connectivity index (χ4n) is 2.69. The average molecular weight is 317 g/mol. The first-order valence-electron chi connectivity index (χ1n) is 7.45. The Labute approximate surface area is 133 Å². The second-order valence-electron chi connectivity index (χ2n) is 5.96. The van der Waals surface area contributed by atoms with Crippen LogP contribution in [0.25, 0.3) is 0 Å². The summed E-state index contributed by atoms with van der Waals surface area (Å²) in [5, 5.41) is 3.74. The standard InChI is InChI=1S/C15H19N5O3/c1-9-6-12(23-18-9)14(22)20-5-4-10(8-20)11-7-13(21)17-15(16-11)19(2)3/h6-7,10H,4-5,8H2,1-3H3,(H,16,17,21)/t10-/m0/s1. The normalized spacial score (nSPS) is 17.5. The molecule has 1 amide bonds. The van der Waals surface area contributed by atoms with Crippen LogP contribution in [-0.4, -0.2) is 53.1 Å². The van der Waals surface area contributed by atoms with Crippen LogP contribution in [0.15, 0.2) is 21.5 Å². The van der Waals surface area contributed by atoms with Gasteiger partial charge < -0.3 is 14.3 Å². The number of nitrogens with one attached hydrogen (secondary N) is 1. The van der Waals surface area contributed by atoms with Crippen molar-refractivity contribution >= 4 is 11.9 Å². The maximum Gasteiger partial charge on any atom is 0.292 e. The van der Waals surface area contributed by atoms with Gasteiger partial charge in [0.2, 0.25) is 11.7 Å². The second-order valence-corrected chi connectivity index (χ2v) is 5.96. The Morgan fingerprint density at radius 3 is 2.87 bits per heavy atom. The summed E-state index contributed by atoms with van der Waals surface area (Å²) in [6.07, 6.45) is 0.766. The number of aryl methyl sites for hydroxylation is 1. The maximum atomic E-state index is 12.4. The Morgan fingerprint density at radius 2 is 2.22 bits per heavy atom. The number of nitrogens with zero attached hydrogens (tertiary/aromatic N) is 4. The molecule has 0 aliphatic carbocycles. The number of H-pyrrole nitrogens is 1. The van der Waals surface area contributed by atoms with Gasteiger partial charge in [-0.05, 0) is 13.3 Å². The zero-order valence-corrected chi connectivity index (χ0v) is 13.4. The molecule has 1 saturated heterocycles. The van der Waals surface area contributed by atoms with E-state index in [9.17, 15) is 9.59 Å². The van der Waals surface area contributed by atoms with Crippen molar-refractivity contribution in [2.24, 2.45) is 0 Å². The quantitative estimate of drug-likeness (QED) is 0.898. The van der Waals surface area contributed by atoms with Crippen LogP contribution in [0.5, 0.6) is 0 Å². The third-order valence-corrected chi connectivity index (χ3v) is 3.91. The van der Waals surface area contributed by atoms with Gasteiger partial charge in [-0.1, -0.05) is 5.16 Å². The van der Waals surface area contributed by atoms with Crippen molar-refractivity contribution in [3.63, 3.8) is 0 Å². The molecule has 0 radical (unpaired) electrons. The molecule has 122 valence electrons. The highest BCUT2D eigenvalue weighted by molar-refractivity contribution is 5.91. The number of anilines is 1. The molecule has 8 heteroatoms. The molecule has 23 heavy (non-hydrogen) atoms. The Bertz CT molecular complexity index is 779. The minimum atomic E-state index is -0.186. The van der Waals surface area contributed by atoms with Gasteiger partial charge in [0.15, 0.2) is 0 Å². The number of carbonyl (C=O) groups is 1. The number of likely N-dealkylation sites (tertiary alicyclic amines) is 1. The third-order valence-electron chi connectivity index (χ3n) is 3.91. The van der Waals surface area contributed by atoms with Gasteiger partial charge in [0, 0.05) is 45.2 Å². The van der Waals surface area contributed by atoms with E-state index in [2.05, 4.69) is 15.1 Å². The number of aromatic nitrogens is 3. The van der Waals surface area contributed by atoms with Gasteiger partial charge in [-0.15, -0.1) is 0 Å². The smallest absolute Gasteiger partial charge is 0.292 e. The lowest BCUT2D eigenvalue weighted by molar-refractivity contribution is 0.0749. The third kappa shape index (κ3) is 3.10. The van der Waals surface area contributed by atoms with Crippen LogP contribution in [0.3, 0.4) is 0 Å². The summed E-state index contributed by atoms with van der Waals surface area (Å²) >= 11 is 0. The SMILES string of the molecule is Cc1cc(C(=O)N2CC[C@H](c3cc(=O)[nH]c(N(C)C)n3)C2)on1. The highest BCUT2D eigenvalue weighted by atomic mass is 16.5. The summed E-state index contributed by atoms with van der Waals surface area (Å²) in [6, 6.07) is 3.13. The first-order valence-corrected chi connectivity index (χ1v) is 7.45. The van der Waals surface area contributed by atoms with E-state index >= 15 is 0 Å². The predicted octanol–water partition coefficient (Wildman–Crippen LogP) is 0.762. The van der Waals surface area contributed by atoms with Crippen molar-refractivity contribution in [3.05, 3.63) is 39.6 Å². The number of hydrogen-bond donors (Lipinski definition) is 1. The molecular formula is C15H19N5O3. The molecule has 0 spiro atoms. The molecule has 1 atom stereocenters. The topological polar surface area (TPSA) is 95.3 Å². The lowest BCUT2D eigenvalue weighted by atomic mass is 10.1. The van der Waals surface area contributed by atoms with Crippen molar-refractivity contribution in [1.29, 1.82) is 0 Å². The molecule has 0 unspecified atom stereocenters. The highest BCUT2D eigenvalue weighted by Crippen LogP contribution is 2.27. The van der Waals surface area contributed by atoms with Crippen LogP contribution in [0.4, 0.5) is 5.95 Å². The molecule has 1 fully saturated rings. The first kappa shape index (κ1) is 15.3. The van der Waals surface area contributed by atoms with E-state index < -0.39 is 0 Å². The van der Waals surface area contributed by atoms with Crippen LogP contribution in [0.2, 0.25) is 0 Å². The molecule has 2 aromatic rings. The van der Waals surface area contributed by atoms with Gasteiger partial charge in [0.1, 0.15) is 0 Å². The van der Waals surface area contributed by atoms with Gasteiger partial charge in [0.25, 0.3) is 11.5 Å². The molecule has 1 aliphatic heterocycles. The fourth-order valence-corrected chi connectivity index (χ4v) is 2.69. The molecule has 1 aliphatic rings. The number of amides is 1. The van der Waals surface area contributed by atoms with Crippen LogP contribution in [0.1, 0.15) is 34.3 Å². The summed E-state index contributed by atoms with van der Waals surface area (Å²) in [6.45, 7) is 2.90. The summed E-state index contributed by atoms with van der Waals surface area (Å²) in [5.41, 5.74) is 1.20. The zero-order valence-electron chi connectivity index (χ0n) is 13.4. The Morgan fingerprint density at radius 1 is 1.43 bits per heavy atom. The molecule has 8 nitrogen and oxygen atoms in total. The van der Waals surface area contributed by atoms with Gasteiger partial charge in [-0.2, -0.15) is 0 Å². The van der Waals surface area contributed by atoms with E-state index in [-0.39, 0.29) is 23.1 Å². The van der Waals surface area contributed by atoms with Crippen molar-refractivity contribution in [3.8, 4) is 0 Å². The van der Waals surface area contributed by atoms with Gasteiger partial charge in [-0.25, -0.2) is 4.98 Å².